The fourth-order valence-electron chi connectivity index (χ4n) is 10.4. The Kier molecular flexibility index (Phi) is 8.63. The number of rotatable bonds is 6. The first kappa shape index (κ1) is 37.0. The highest BCUT2D eigenvalue weighted by molar-refractivity contribution is 6.16. The van der Waals surface area contributed by atoms with E-state index in [1.807, 2.05) is 0 Å². The van der Waals surface area contributed by atoms with Gasteiger partial charge in [-0.3, -0.25) is 0 Å². The van der Waals surface area contributed by atoms with Gasteiger partial charge >= 0.3 is 0 Å². The van der Waals surface area contributed by atoms with Gasteiger partial charge in [-0.05, 0) is 164 Å². The molecule has 0 amide bonds. The zero-order chi connectivity index (χ0) is 42.1. The van der Waals surface area contributed by atoms with Crippen molar-refractivity contribution in [3.8, 4) is 77.9 Å². The molecule has 11 aromatic rings. The van der Waals surface area contributed by atoms with Gasteiger partial charge in [0.2, 0.25) is 0 Å². The summed E-state index contributed by atoms with van der Waals surface area (Å²) in [5, 5.41) is 7.49. The summed E-state index contributed by atoms with van der Waals surface area (Å²) >= 11 is 0. The highest BCUT2D eigenvalue weighted by Gasteiger charge is 2.35. The van der Waals surface area contributed by atoms with Gasteiger partial charge in [0, 0.05) is 5.41 Å². The monoisotopic (exact) mass is 800 g/mol. The summed E-state index contributed by atoms with van der Waals surface area (Å²) in [4.78, 5) is 0. The number of hydrogen-bond acceptors (Lipinski definition) is 0. The van der Waals surface area contributed by atoms with Gasteiger partial charge in [0.05, 0.1) is 0 Å². The third-order valence-corrected chi connectivity index (χ3v) is 13.6. The fourth-order valence-corrected chi connectivity index (χ4v) is 10.4. The van der Waals surface area contributed by atoms with E-state index in [2.05, 4.69) is 244 Å². The van der Waals surface area contributed by atoms with E-state index in [0.717, 1.165) is 0 Å². The van der Waals surface area contributed by atoms with Crippen molar-refractivity contribution in [1.82, 2.24) is 0 Å². The van der Waals surface area contributed by atoms with E-state index >= 15 is 0 Å². The van der Waals surface area contributed by atoms with Crippen molar-refractivity contribution >= 4 is 32.3 Å². The minimum atomic E-state index is -0.106. The molecule has 0 aromatic heterocycles. The van der Waals surface area contributed by atoms with Crippen LogP contribution in [0.1, 0.15) is 25.0 Å². The Morgan fingerprint density at radius 3 is 1.38 bits per heavy atom. The molecule has 0 heterocycles. The van der Waals surface area contributed by atoms with E-state index in [1.165, 1.54) is 121 Å². The second-order valence-electron chi connectivity index (χ2n) is 17.7. The molecule has 0 saturated carbocycles. The zero-order valence-electron chi connectivity index (χ0n) is 35.4. The van der Waals surface area contributed by atoms with Gasteiger partial charge in [-0.25, -0.2) is 0 Å². The standard InChI is InChI=1S/C63H44/c1-63(2)61-25-15-14-24-54(61)55-33-29-49(40-62(55)63)59-39-50-34-46(47-27-30-51(41-16-6-3-7-17-41)56(37-47)42-18-8-4-9-19-42)26-31-52(50)53-32-28-48(38-60(53)59)58-36-45-23-13-12-22-44(45)35-57(58)43-20-10-5-11-21-43/h3-40H,1-2H3. The minimum Gasteiger partial charge on any atom is -0.0622 e. The molecule has 296 valence electrons. The van der Waals surface area contributed by atoms with Crippen LogP contribution >= 0.6 is 0 Å². The lowest BCUT2D eigenvalue weighted by atomic mass is 9.81. The van der Waals surface area contributed by atoms with Crippen molar-refractivity contribution in [2.45, 2.75) is 19.3 Å². The first-order valence-corrected chi connectivity index (χ1v) is 22.1. The average molecular weight is 801 g/mol. The summed E-state index contributed by atoms with van der Waals surface area (Å²) in [7, 11) is 0. The number of benzene rings is 11. The first-order chi connectivity index (χ1) is 31.0. The maximum atomic E-state index is 2.48. The summed E-state index contributed by atoms with van der Waals surface area (Å²) in [5.41, 5.74) is 20.1. The van der Waals surface area contributed by atoms with Crippen LogP contribution in [0, 0.1) is 0 Å². The summed E-state index contributed by atoms with van der Waals surface area (Å²) in [5.74, 6) is 0. The molecule has 0 bridgehead atoms. The number of fused-ring (bicyclic) bond motifs is 7. The fraction of sp³-hybridized carbons (Fsp3) is 0.0476. The quantitative estimate of drug-likeness (QED) is 0.147. The van der Waals surface area contributed by atoms with Gasteiger partial charge in [-0.15, -0.1) is 0 Å². The molecule has 12 rings (SSSR count). The van der Waals surface area contributed by atoms with E-state index in [0.29, 0.717) is 0 Å². The lowest BCUT2D eigenvalue weighted by molar-refractivity contribution is 0.660. The van der Waals surface area contributed by atoms with Crippen LogP contribution in [0.25, 0.3) is 110 Å². The normalized spacial score (nSPS) is 12.7. The first-order valence-electron chi connectivity index (χ1n) is 22.1. The van der Waals surface area contributed by atoms with Crippen LogP contribution in [-0.4, -0.2) is 0 Å². The molecule has 0 spiro atoms. The molecule has 0 atom stereocenters. The van der Waals surface area contributed by atoms with Crippen LogP contribution in [-0.2, 0) is 5.41 Å². The van der Waals surface area contributed by atoms with E-state index in [1.54, 1.807) is 0 Å². The van der Waals surface area contributed by atoms with Gasteiger partial charge < -0.3 is 0 Å². The molecule has 0 heteroatoms. The SMILES string of the molecule is CC1(C)c2ccccc2-c2ccc(-c3cc4cc(-c5ccc(-c6ccccc6)c(-c6ccccc6)c5)ccc4c4ccc(-c5cc6ccccc6cc5-c5ccccc5)cc34)cc21. The Labute approximate surface area is 369 Å². The Hall–Kier alpha value is -7.80. The Morgan fingerprint density at radius 2 is 0.683 bits per heavy atom. The van der Waals surface area contributed by atoms with E-state index in [-0.39, 0.29) is 5.41 Å². The van der Waals surface area contributed by atoms with E-state index in [4.69, 9.17) is 0 Å². The summed E-state index contributed by atoms with van der Waals surface area (Å²) in [6.45, 7) is 4.75. The van der Waals surface area contributed by atoms with Crippen molar-refractivity contribution in [2.24, 2.45) is 0 Å². The molecule has 0 aliphatic heterocycles. The summed E-state index contributed by atoms with van der Waals surface area (Å²) < 4.78 is 0. The van der Waals surface area contributed by atoms with Gasteiger partial charge in [-0.1, -0.05) is 202 Å². The number of hydrogen-bond donors (Lipinski definition) is 0. The van der Waals surface area contributed by atoms with Crippen LogP contribution < -0.4 is 0 Å². The third kappa shape index (κ3) is 6.21. The minimum absolute atomic E-state index is 0.106. The molecule has 0 N–H and O–H groups in total. The maximum absolute atomic E-state index is 2.48. The molecule has 0 nitrogen and oxygen atoms in total. The molecule has 0 unspecified atom stereocenters. The molecule has 1 aliphatic carbocycles. The molecule has 0 fully saturated rings. The lowest BCUT2D eigenvalue weighted by Gasteiger charge is -2.22. The van der Waals surface area contributed by atoms with Gasteiger partial charge in [0.15, 0.2) is 0 Å². The van der Waals surface area contributed by atoms with Crippen molar-refractivity contribution in [1.29, 1.82) is 0 Å². The average Bonchev–Trinajstić information content (AvgIpc) is 3.58. The molecular weight excluding hydrogens is 757 g/mol. The van der Waals surface area contributed by atoms with Crippen molar-refractivity contribution in [3.63, 3.8) is 0 Å². The Balaban J connectivity index is 1.08. The second-order valence-corrected chi connectivity index (χ2v) is 17.7. The van der Waals surface area contributed by atoms with Crippen molar-refractivity contribution < 1.29 is 0 Å². The molecule has 0 radical (unpaired) electrons. The van der Waals surface area contributed by atoms with Crippen LogP contribution in [0.2, 0.25) is 0 Å². The van der Waals surface area contributed by atoms with Crippen molar-refractivity contribution in [2.75, 3.05) is 0 Å². The second kappa shape index (κ2) is 14.7. The molecule has 63 heavy (non-hydrogen) atoms. The predicted molar refractivity (Wildman–Crippen MR) is 269 cm³/mol. The maximum Gasteiger partial charge on any atom is 0.0159 e. The van der Waals surface area contributed by atoms with Crippen LogP contribution in [0.4, 0.5) is 0 Å². The van der Waals surface area contributed by atoms with E-state index < -0.39 is 0 Å². The largest absolute Gasteiger partial charge is 0.0622 e. The molecular formula is C63H44. The van der Waals surface area contributed by atoms with Crippen LogP contribution in [0.15, 0.2) is 231 Å². The summed E-state index contributed by atoms with van der Waals surface area (Å²) in [6, 6.07) is 85.6. The molecule has 1 aliphatic rings. The lowest BCUT2D eigenvalue weighted by Crippen LogP contribution is -2.14. The molecule has 11 aromatic carbocycles. The van der Waals surface area contributed by atoms with Gasteiger partial charge in [0.1, 0.15) is 0 Å². The topological polar surface area (TPSA) is 0 Å². The van der Waals surface area contributed by atoms with Crippen LogP contribution in [0.5, 0.6) is 0 Å². The Morgan fingerprint density at radius 1 is 0.222 bits per heavy atom. The highest BCUT2D eigenvalue weighted by Crippen LogP contribution is 2.51. The summed E-state index contributed by atoms with van der Waals surface area (Å²) in [6.07, 6.45) is 0. The predicted octanol–water partition coefficient (Wildman–Crippen LogP) is 17.5. The van der Waals surface area contributed by atoms with Gasteiger partial charge in [-0.2, -0.15) is 0 Å². The Bertz CT molecular complexity index is 3560. The third-order valence-electron chi connectivity index (χ3n) is 13.6. The zero-order valence-corrected chi connectivity index (χ0v) is 35.4. The van der Waals surface area contributed by atoms with Crippen molar-refractivity contribution in [3.05, 3.63) is 242 Å². The molecule has 0 saturated heterocycles. The van der Waals surface area contributed by atoms with E-state index in [9.17, 15) is 0 Å². The smallest absolute Gasteiger partial charge is 0.0159 e. The van der Waals surface area contributed by atoms with Gasteiger partial charge in [0.25, 0.3) is 0 Å². The highest BCUT2D eigenvalue weighted by atomic mass is 14.4. The van der Waals surface area contributed by atoms with Crippen LogP contribution in [0.3, 0.4) is 0 Å².